The van der Waals surface area contributed by atoms with Crippen LogP contribution in [0.15, 0.2) is 18.2 Å². The lowest BCUT2D eigenvalue weighted by atomic mass is 10.1. The predicted octanol–water partition coefficient (Wildman–Crippen LogP) is 0.919. The lowest BCUT2D eigenvalue weighted by molar-refractivity contribution is -0.121. The monoisotopic (exact) mass is 293 g/mol. The molecule has 1 aromatic carbocycles. The zero-order valence-corrected chi connectivity index (χ0v) is 12.8. The van der Waals surface area contributed by atoms with Crippen LogP contribution in [0.2, 0.25) is 0 Å². The summed E-state index contributed by atoms with van der Waals surface area (Å²) in [6.07, 6.45) is 0.253. The molecule has 0 aromatic heterocycles. The topological polar surface area (TPSA) is 79.5 Å². The highest BCUT2D eigenvalue weighted by Crippen LogP contribution is 2.14. The molecule has 0 aliphatic carbocycles. The van der Waals surface area contributed by atoms with E-state index >= 15 is 0 Å². The number of aryl methyl sites for hydroxylation is 1. The summed E-state index contributed by atoms with van der Waals surface area (Å²) < 4.78 is 4.84. The zero-order valence-electron chi connectivity index (χ0n) is 12.8. The summed E-state index contributed by atoms with van der Waals surface area (Å²) in [4.78, 5) is 23.5. The van der Waals surface area contributed by atoms with Gasteiger partial charge in [-0.2, -0.15) is 0 Å². The van der Waals surface area contributed by atoms with Gasteiger partial charge in [-0.05, 0) is 30.7 Å². The van der Waals surface area contributed by atoms with Crippen molar-refractivity contribution in [2.45, 2.75) is 13.3 Å². The van der Waals surface area contributed by atoms with Gasteiger partial charge in [0.05, 0.1) is 6.61 Å². The van der Waals surface area contributed by atoms with Crippen LogP contribution < -0.4 is 16.0 Å². The van der Waals surface area contributed by atoms with Gasteiger partial charge in [0.2, 0.25) is 5.91 Å². The highest BCUT2D eigenvalue weighted by molar-refractivity contribution is 5.96. The zero-order chi connectivity index (χ0) is 15.7. The molecule has 0 heterocycles. The minimum atomic E-state index is -0.167. The van der Waals surface area contributed by atoms with Crippen LogP contribution in [0.4, 0.5) is 5.69 Å². The van der Waals surface area contributed by atoms with Gasteiger partial charge in [0.15, 0.2) is 0 Å². The summed E-state index contributed by atoms with van der Waals surface area (Å²) in [7, 11) is 3.41. The van der Waals surface area contributed by atoms with Gasteiger partial charge in [-0.1, -0.05) is 0 Å². The van der Waals surface area contributed by atoms with Crippen LogP contribution in [-0.4, -0.2) is 45.7 Å². The molecule has 0 saturated carbocycles. The third kappa shape index (κ3) is 5.83. The molecule has 0 fully saturated rings. The molecular formula is C15H23N3O3. The predicted molar refractivity (Wildman–Crippen MR) is 82.6 cm³/mol. The number of carbonyl (C=O) groups is 2. The summed E-state index contributed by atoms with van der Waals surface area (Å²) in [6.45, 7) is 3.15. The van der Waals surface area contributed by atoms with Crippen LogP contribution in [0.1, 0.15) is 22.3 Å². The lowest BCUT2D eigenvalue weighted by Crippen LogP contribution is -2.32. The van der Waals surface area contributed by atoms with E-state index in [4.69, 9.17) is 4.74 Å². The molecule has 0 bridgehead atoms. The van der Waals surface area contributed by atoms with Gasteiger partial charge in [-0.25, -0.2) is 0 Å². The fourth-order valence-electron chi connectivity index (χ4n) is 1.84. The Hall–Kier alpha value is -2.08. The number of rotatable bonds is 8. The molecule has 0 aliphatic rings. The van der Waals surface area contributed by atoms with E-state index in [9.17, 15) is 9.59 Å². The summed E-state index contributed by atoms with van der Waals surface area (Å²) in [5.74, 6) is -0.269. The Balaban J connectivity index is 2.38. The first-order chi connectivity index (χ1) is 10.1. The molecule has 0 unspecified atom stereocenters. The Morgan fingerprint density at radius 1 is 1.19 bits per heavy atom. The Labute approximate surface area is 125 Å². The normalized spacial score (nSPS) is 10.0. The molecule has 0 aliphatic heterocycles. The van der Waals surface area contributed by atoms with E-state index in [-0.39, 0.29) is 18.2 Å². The molecule has 6 nitrogen and oxygen atoms in total. The van der Waals surface area contributed by atoms with Crippen LogP contribution in [-0.2, 0) is 9.53 Å². The van der Waals surface area contributed by atoms with Crippen molar-refractivity contribution in [3.8, 4) is 0 Å². The van der Waals surface area contributed by atoms with Crippen molar-refractivity contribution in [1.29, 1.82) is 0 Å². The number of benzene rings is 1. The molecule has 1 rings (SSSR count). The second kappa shape index (κ2) is 8.97. The maximum absolute atomic E-state index is 12.0. The SMILES string of the molecule is CNc1ccc(C(=O)NCCC(=O)NCCOC)c(C)c1. The van der Waals surface area contributed by atoms with E-state index in [1.165, 1.54) is 0 Å². The fraction of sp³-hybridized carbons (Fsp3) is 0.467. The Kier molecular flexibility index (Phi) is 7.25. The molecule has 3 N–H and O–H groups in total. The van der Waals surface area contributed by atoms with E-state index in [0.717, 1.165) is 11.3 Å². The van der Waals surface area contributed by atoms with Crippen molar-refractivity contribution in [3.05, 3.63) is 29.3 Å². The van der Waals surface area contributed by atoms with Crippen LogP contribution >= 0.6 is 0 Å². The molecule has 6 heteroatoms. The minimum absolute atomic E-state index is 0.102. The Morgan fingerprint density at radius 2 is 1.95 bits per heavy atom. The molecule has 0 radical (unpaired) electrons. The first-order valence-corrected chi connectivity index (χ1v) is 6.90. The van der Waals surface area contributed by atoms with Gasteiger partial charge in [-0.3, -0.25) is 9.59 Å². The smallest absolute Gasteiger partial charge is 0.251 e. The Morgan fingerprint density at radius 3 is 2.57 bits per heavy atom. The summed E-state index contributed by atoms with van der Waals surface area (Å²) >= 11 is 0. The van der Waals surface area contributed by atoms with E-state index in [1.807, 2.05) is 26.1 Å². The number of methoxy groups -OCH3 is 1. The van der Waals surface area contributed by atoms with Crippen molar-refractivity contribution >= 4 is 17.5 Å². The van der Waals surface area contributed by atoms with Crippen LogP contribution in [0.25, 0.3) is 0 Å². The van der Waals surface area contributed by atoms with Crippen molar-refractivity contribution in [1.82, 2.24) is 10.6 Å². The number of hydrogen-bond donors (Lipinski definition) is 3. The molecule has 0 atom stereocenters. The first kappa shape index (κ1) is 17.0. The van der Waals surface area contributed by atoms with Gasteiger partial charge in [0.1, 0.15) is 0 Å². The minimum Gasteiger partial charge on any atom is -0.388 e. The van der Waals surface area contributed by atoms with Crippen LogP contribution in [0, 0.1) is 6.92 Å². The summed E-state index contributed by atoms with van der Waals surface area (Å²) in [5, 5.41) is 8.47. The third-order valence-corrected chi connectivity index (χ3v) is 3.03. The van der Waals surface area contributed by atoms with Crippen molar-refractivity contribution in [2.75, 3.05) is 39.2 Å². The molecule has 21 heavy (non-hydrogen) atoms. The van der Waals surface area contributed by atoms with Gasteiger partial charge in [-0.15, -0.1) is 0 Å². The number of carbonyl (C=O) groups excluding carboxylic acids is 2. The van der Waals surface area contributed by atoms with Gasteiger partial charge in [0, 0.05) is 44.9 Å². The van der Waals surface area contributed by atoms with Gasteiger partial charge < -0.3 is 20.7 Å². The second-order valence-electron chi connectivity index (χ2n) is 4.63. The molecule has 0 saturated heterocycles. The van der Waals surface area contributed by atoms with Crippen molar-refractivity contribution < 1.29 is 14.3 Å². The lowest BCUT2D eigenvalue weighted by Gasteiger charge is -2.09. The van der Waals surface area contributed by atoms with Crippen LogP contribution in [0.5, 0.6) is 0 Å². The number of nitrogens with one attached hydrogen (secondary N) is 3. The molecular weight excluding hydrogens is 270 g/mol. The molecule has 116 valence electrons. The molecule has 1 aromatic rings. The van der Waals surface area contributed by atoms with E-state index in [2.05, 4.69) is 16.0 Å². The molecule has 0 spiro atoms. The van der Waals surface area contributed by atoms with Gasteiger partial charge >= 0.3 is 0 Å². The van der Waals surface area contributed by atoms with Crippen LogP contribution in [0.3, 0.4) is 0 Å². The maximum Gasteiger partial charge on any atom is 0.251 e. The van der Waals surface area contributed by atoms with E-state index in [1.54, 1.807) is 13.2 Å². The fourth-order valence-corrected chi connectivity index (χ4v) is 1.84. The van der Waals surface area contributed by atoms with E-state index < -0.39 is 0 Å². The standard InChI is InChI=1S/C15H23N3O3/c1-11-10-12(16-2)4-5-13(11)15(20)18-7-6-14(19)17-8-9-21-3/h4-5,10,16H,6-9H2,1-3H3,(H,17,19)(H,18,20). The number of hydrogen-bond acceptors (Lipinski definition) is 4. The number of anilines is 1. The third-order valence-electron chi connectivity index (χ3n) is 3.03. The summed E-state index contributed by atoms with van der Waals surface area (Å²) in [6, 6.07) is 5.53. The number of ether oxygens (including phenoxy) is 1. The highest BCUT2D eigenvalue weighted by Gasteiger charge is 2.09. The summed E-state index contributed by atoms with van der Waals surface area (Å²) in [5.41, 5.74) is 2.47. The Bertz CT molecular complexity index is 489. The number of amides is 2. The molecule has 2 amide bonds. The average Bonchev–Trinajstić information content (AvgIpc) is 2.47. The second-order valence-corrected chi connectivity index (χ2v) is 4.63. The van der Waals surface area contributed by atoms with Crippen molar-refractivity contribution in [2.24, 2.45) is 0 Å². The van der Waals surface area contributed by atoms with E-state index in [0.29, 0.717) is 25.3 Å². The largest absolute Gasteiger partial charge is 0.388 e. The average molecular weight is 293 g/mol. The maximum atomic E-state index is 12.0. The quantitative estimate of drug-likeness (QED) is 0.623. The highest BCUT2D eigenvalue weighted by atomic mass is 16.5. The van der Waals surface area contributed by atoms with Gasteiger partial charge in [0.25, 0.3) is 5.91 Å². The first-order valence-electron chi connectivity index (χ1n) is 6.90. The van der Waals surface area contributed by atoms with Crippen molar-refractivity contribution in [3.63, 3.8) is 0 Å².